The molecule has 0 radical (unpaired) electrons. The highest BCUT2D eigenvalue weighted by molar-refractivity contribution is 6.31. The summed E-state index contributed by atoms with van der Waals surface area (Å²) in [7, 11) is 1.93. The van der Waals surface area contributed by atoms with Crippen molar-refractivity contribution in [3.8, 4) is 11.3 Å². The number of amides is 2. The number of likely N-dealkylation sites (tertiary alicyclic amines) is 1. The molecule has 174 valence electrons. The standard InChI is InChI=1S/C27H27ClN4O2/c1-30(18-32-26(33)22-12-6-7-13-23(22)27(32)34)15-21-17-31(16-20-11-5-8-14-24(20)28)29-25(21)19-9-3-2-4-10-19/h2-11,14,17,22-23H,12-13,15-16,18H2,1H3/t22-,23-/m0/s1. The van der Waals surface area contributed by atoms with E-state index in [2.05, 4.69) is 0 Å². The number of nitrogens with zero attached hydrogens (tertiary/aromatic N) is 4. The van der Waals surface area contributed by atoms with Gasteiger partial charge < -0.3 is 0 Å². The Kier molecular flexibility index (Phi) is 6.35. The summed E-state index contributed by atoms with van der Waals surface area (Å²) in [5.41, 5.74) is 3.93. The summed E-state index contributed by atoms with van der Waals surface area (Å²) in [6, 6.07) is 17.8. The normalized spacial score (nSPS) is 19.8. The molecule has 5 rings (SSSR count). The third-order valence-corrected chi connectivity index (χ3v) is 6.97. The van der Waals surface area contributed by atoms with Crippen LogP contribution in [0.3, 0.4) is 0 Å². The van der Waals surface area contributed by atoms with E-state index in [0.29, 0.717) is 31.0 Å². The number of halogens is 1. The lowest BCUT2D eigenvalue weighted by Gasteiger charge is -2.23. The number of fused-ring (bicyclic) bond motifs is 1. The maximum absolute atomic E-state index is 12.9. The molecule has 1 aliphatic heterocycles. The molecule has 0 spiro atoms. The molecule has 0 N–H and O–H groups in total. The monoisotopic (exact) mass is 474 g/mol. The summed E-state index contributed by atoms with van der Waals surface area (Å²) in [4.78, 5) is 29.2. The lowest BCUT2D eigenvalue weighted by Crippen LogP contribution is -2.40. The first-order valence-electron chi connectivity index (χ1n) is 11.5. The second-order valence-electron chi connectivity index (χ2n) is 9.07. The van der Waals surface area contributed by atoms with E-state index < -0.39 is 0 Å². The number of carbonyl (C=O) groups is 2. The first-order valence-corrected chi connectivity index (χ1v) is 11.9. The molecule has 1 aromatic heterocycles. The summed E-state index contributed by atoms with van der Waals surface area (Å²) < 4.78 is 1.90. The van der Waals surface area contributed by atoms with Crippen LogP contribution < -0.4 is 0 Å². The number of allylic oxidation sites excluding steroid dienone is 2. The van der Waals surface area contributed by atoms with Crippen LogP contribution in [0, 0.1) is 11.8 Å². The highest BCUT2D eigenvalue weighted by Gasteiger charge is 2.47. The molecule has 2 aliphatic rings. The van der Waals surface area contributed by atoms with Crippen LogP contribution in [0.5, 0.6) is 0 Å². The molecule has 1 aliphatic carbocycles. The van der Waals surface area contributed by atoms with Crippen LogP contribution in [0.1, 0.15) is 24.0 Å². The Bertz CT molecular complexity index is 1210. The Morgan fingerprint density at radius 1 is 0.941 bits per heavy atom. The number of hydrogen-bond acceptors (Lipinski definition) is 4. The van der Waals surface area contributed by atoms with Gasteiger partial charge in [0.2, 0.25) is 11.8 Å². The van der Waals surface area contributed by atoms with Gasteiger partial charge in [0.1, 0.15) is 0 Å². The molecule has 0 saturated carbocycles. The number of benzene rings is 2. The Hall–Kier alpha value is -3.22. The Balaban J connectivity index is 1.37. The van der Waals surface area contributed by atoms with Gasteiger partial charge in [-0.1, -0.05) is 72.3 Å². The maximum Gasteiger partial charge on any atom is 0.234 e. The number of imide groups is 1. The fraction of sp³-hybridized carbons (Fsp3) is 0.296. The van der Waals surface area contributed by atoms with Crippen molar-refractivity contribution in [1.29, 1.82) is 0 Å². The van der Waals surface area contributed by atoms with Crippen LogP contribution in [0.25, 0.3) is 11.3 Å². The molecule has 7 heteroatoms. The zero-order valence-corrected chi connectivity index (χ0v) is 19.9. The van der Waals surface area contributed by atoms with Crippen molar-refractivity contribution in [3.63, 3.8) is 0 Å². The van der Waals surface area contributed by atoms with E-state index in [1.165, 1.54) is 4.90 Å². The van der Waals surface area contributed by atoms with Gasteiger partial charge in [0.25, 0.3) is 0 Å². The summed E-state index contributed by atoms with van der Waals surface area (Å²) in [5, 5.41) is 5.57. The number of aromatic nitrogens is 2. The maximum atomic E-state index is 12.9. The molecule has 2 amide bonds. The van der Waals surface area contributed by atoms with Crippen molar-refractivity contribution in [2.24, 2.45) is 11.8 Å². The van der Waals surface area contributed by atoms with Crippen molar-refractivity contribution in [2.75, 3.05) is 13.7 Å². The van der Waals surface area contributed by atoms with E-state index in [-0.39, 0.29) is 30.3 Å². The summed E-state index contributed by atoms with van der Waals surface area (Å²) in [6.45, 7) is 1.38. The van der Waals surface area contributed by atoms with Crippen LogP contribution >= 0.6 is 11.6 Å². The summed E-state index contributed by atoms with van der Waals surface area (Å²) in [5.74, 6) is -0.513. The van der Waals surface area contributed by atoms with Gasteiger partial charge >= 0.3 is 0 Å². The van der Waals surface area contributed by atoms with Crippen LogP contribution in [0.15, 0.2) is 72.9 Å². The number of hydrogen-bond donors (Lipinski definition) is 0. The van der Waals surface area contributed by atoms with E-state index in [9.17, 15) is 9.59 Å². The average Bonchev–Trinajstić information content (AvgIpc) is 3.35. The molecule has 3 aromatic rings. The zero-order chi connectivity index (χ0) is 23.7. The van der Waals surface area contributed by atoms with E-state index in [0.717, 1.165) is 22.4 Å². The quantitative estimate of drug-likeness (QED) is 0.371. The fourth-order valence-electron chi connectivity index (χ4n) is 4.89. The van der Waals surface area contributed by atoms with Gasteiger partial charge in [-0.25, -0.2) is 0 Å². The topological polar surface area (TPSA) is 58.4 Å². The first kappa shape index (κ1) is 22.6. The largest absolute Gasteiger partial charge is 0.284 e. The molecule has 0 unspecified atom stereocenters. The Morgan fingerprint density at radius 2 is 1.59 bits per heavy atom. The first-order chi connectivity index (χ1) is 16.5. The predicted octanol–water partition coefficient (Wildman–Crippen LogP) is 4.59. The minimum absolute atomic E-state index is 0.0519. The molecule has 2 heterocycles. The summed E-state index contributed by atoms with van der Waals surface area (Å²) in [6.07, 6.45) is 7.36. The number of carbonyl (C=O) groups excluding carboxylic acids is 2. The zero-order valence-electron chi connectivity index (χ0n) is 19.1. The smallest absolute Gasteiger partial charge is 0.234 e. The Morgan fingerprint density at radius 3 is 2.26 bits per heavy atom. The number of rotatable bonds is 7. The fourth-order valence-corrected chi connectivity index (χ4v) is 5.09. The molecule has 2 atom stereocenters. The van der Waals surface area contributed by atoms with Gasteiger partial charge in [-0.05, 0) is 31.5 Å². The van der Waals surface area contributed by atoms with Gasteiger partial charge in [0.05, 0.1) is 30.7 Å². The van der Waals surface area contributed by atoms with E-state index in [1.807, 2.05) is 89.6 Å². The molecule has 1 saturated heterocycles. The van der Waals surface area contributed by atoms with Crippen LogP contribution in [-0.2, 0) is 22.7 Å². The van der Waals surface area contributed by atoms with E-state index in [1.54, 1.807) is 0 Å². The highest BCUT2D eigenvalue weighted by Crippen LogP contribution is 2.35. The second kappa shape index (κ2) is 9.57. The molecular formula is C27H27ClN4O2. The molecular weight excluding hydrogens is 448 g/mol. The minimum Gasteiger partial charge on any atom is -0.284 e. The molecule has 6 nitrogen and oxygen atoms in total. The predicted molar refractivity (Wildman–Crippen MR) is 132 cm³/mol. The molecule has 0 bridgehead atoms. The molecule has 34 heavy (non-hydrogen) atoms. The second-order valence-corrected chi connectivity index (χ2v) is 9.48. The molecule has 1 fully saturated rings. The third kappa shape index (κ3) is 4.43. The minimum atomic E-state index is -0.204. The van der Waals surface area contributed by atoms with Gasteiger partial charge in [0, 0.05) is 28.9 Å². The molecule has 2 aromatic carbocycles. The van der Waals surface area contributed by atoms with Crippen molar-refractivity contribution in [2.45, 2.75) is 25.9 Å². The SMILES string of the molecule is CN(Cc1cn(Cc2ccccc2Cl)nc1-c1ccccc1)CN1C(=O)[C@H]2CC=CC[C@@H]2C1=O. The van der Waals surface area contributed by atoms with Gasteiger partial charge in [-0.2, -0.15) is 5.10 Å². The van der Waals surface area contributed by atoms with Crippen LogP contribution in [-0.4, -0.2) is 45.1 Å². The lowest BCUT2D eigenvalue weighted by molar-refractivity contribution is -0.142. The van der Waals surface area contributed by atoms with Crippen LogP contribution in [0.2, 0.25) is 5.02 Å². The van der Waals surface area contributed by atoms with Gasteiger partial charge in [-0.3, -0.25) is 24.1 Å². The summed E-state index contributed by atoms with van der Waals surface area (Å²) >= 11 is 6.37. The average molecular weight is 475 g/mol. The van der Waals surface area contributed by atoms with Crippen molar-refractivity contribution in [3.05, 3.63) is 89.1 Å². The lowest BCUT2D eigenvalue weighted by atomic mass is 9.85. The van der Waals surface area contributed by atoms with Gasteiger partial charge in [0.15, 0.2) is 0 Å². The van der Waals surface area contributed by atoms with E-state index in [4.69, 9.17) is 16.7 Å². The van der Waals surface area contributed by atoms with E-state index >= 15 is 0 Å². The third-order valence-electron chi connectivity index (χ3n) is 6.60. The van der Waals surface area contributed by atoms with Gasteiger partial charge in [-0.15, -0.1) is 0 Å². The van der Waals surface area contributed by atoms with Crippen LogP contribution in [0.4, 0.5) is 0 Å². The Labute approximate surface area is 204 Å². The van der Waals surface area contributed by atoms with Crippen molar-refractivity contribution < 1.29 is 9.59 Å². The van der Waals surface area contributed by atoms with Crippen molar-refractivity contribution >= 4 is 23.4 Å². The highest BCUT2D eigenvalue weighted by atomic mass is 35.5. The van der Waals surface area contributed by atoms with Crippen molar-refractivity contribution in [1.82, 2.24) is 19.6 Å².